The molecule has 2 rings (SSSR count). The van der Waals surface area contributed by atoms with Crippen molar-refractivity contribution in [3.8, 4) is 0 Å². The minimum atomic E-state index is 0.511. The van der Waals surface area contributed by atoms with Gasteiger partial charge in [0.15, 0.2) is 5.82 Å². The highest BCUT2D eigenvalue weighted by molar-refractivity contribution is 5.55. The largest absolute Gasteiger partial charge is 0.355 e. The predicted octanol–water partition coefficient (Wildman–Crippen LogP) is 2.67. The van der Waals surface area contributed by atoms with Crippen LogP contribution in [0.25, 0.3) is 5.65 Å². The number of pyridine rings is 1. The van der Waals surface area contributed by atoms with Gasteiger partial charge in [-0.25, -0.2) is 4.98 Å². The zero-order chi connectivity index (χ0) is 13.8. The zero-order valence-corrected chi connectivity index (χ0v) is 12.1. The summed E-state index contributed by atoms with van der Waals surface area (Å²) in [7, 11) is 0. The van der Waals surface area contributed by atoms with Crippen molar-refractivity contribution in [2.75, 3.05) is 18.0 Å². The van der Waals surface area contributed by atoms with E-state index in [1.807, 2.05) is 24.4 Å². The van der Waals surface area contributed by atoms with Gasteiger partial charge in [0.2, 0.25) is 0 Å². The van der Waals surface area contributed by atoms with E-state index in [4.69, 9.17) is 10.7 Å². The third-order valence-electron chi connectivity index (χ3n) is 3.71. The molecule has 0 saturated heterocycles. The fourth-order valence-electron chi connectivity index (χ4n) is 2.35. The van der Waals surface area contributed by atoms with E-state index in [1.165, 1.54) is 6.42 Å². The number of nitrogens with two attached hydrogens (primary N) is 1. The molecule has 0 radical (unpaired) electrons. The number of anilines is 1. The van der Waals surface area contributed by atoms with Crippen molar-refractivity contribution in [2.24, 2.45) is 11.7 Å². The first-order valence-corrected chi connectivity index (χ1v) is 7.12. The predicted molar refractivity (Wildman–Crippen MR) is 80.4 cm³/mol. The Hall–Kier alpha value is -1.55. The van der Waals surface area contributed by atoms with E-state index in [-0.39, 0.29) is 0 Å². The number of hydrogen-bond acceptors (Lipinski definition) is 3. The molecule has 0 spiro atoms. The van der Waals surface area contributed by atoms with Crippen LogP contribution in [0.4, 0.5) is 5.82 Å². The van der Waals surface area contributed by atoms with Gasteiger partial charge >= 0.3 is 0 Å². The molecule has 0 amide bonds. The SMILES string of the molecule is CCC(C)CN(CC)c1nc2ccccn2c1CN. The number of nitrogens with zero attached hydrogens (tertiary/aromatic N) is 3. The molecular weight excluding hydrogens is 236 g/mol. The van der Waals surface area contributed by atoms with Gasteiger partial charge < -0.3 is 15.0 Å². The number of hydrogen-bond donors (Lipinski definition) is 1. The summed E-state index contributed by atoms with van der Waals surface area (Å²) >= 11 is 0. The van der Waals surface area contributed by atoms with Crippen molar-refractivity contribution in [3.63, 3.8) is 0 Å². The van der Waals surface area contributed by atoms with Crippen LogP contribution in [0.5, 0.6) is 0 Å². The molecule has 0 aliphatic rings. The zero-order valence-electron chi connectivity index (χ0n) is 12.1. The highest BCUT2D eigenvalue weighted by Gasteiger charge is 2.17. The van der Waals surface area contributed by atoms with Crippen LogP contribution in [0.15, 0.2) is 24.4 Å². The summed E-state index contributed by atoms with van der Waals surface area (Å²) in [4.78, 5) is 7.09. The summed E-state index contributed by atoms with van der Waals surface area (Å²) < 4.78 is 2.09. The Morgan fingerprint density at radius 1 is 1.37 bits per heavy atom. The highest BCUT2D eigenvalue weighted by Crippen LogP contribution is 2.22. The van der Waals surface area contributed by atoms with Gasteiger partial charge in [-0.05, 0) is 25.0 Å². The van der Waals surface area contributed by atoms with Crippen LogP contribution >= 0.6 is 0 Å². The van der Waals surface area contributed by atoms with Crippen molar-refractivity contribution >= 4 is 11.5 Å². The smallest absolute Gasteiger partial charge is 0.152 e. The van der Waals surface area contributed by atoms with Gasteiger partial charge in [-0.2, -0.15) is 0 Å². The lowest BCUT2D eigenvalue weighted by molar-refractivity contribution is 0.545. The molecule has 104 valence electrons. The molecule has 2 N–H and O–H groups in total. The summed E-state index contributed by atoms with van der Waals surface area (Å²) in [6.07, 6.45) is 3.22. The Bertz CT molecular complexity index is 532. The molecular formula is C15H24N4. The molecule has 4 nitrogen and oxygen atoms in total. The van der Waals surface area contributed by atoms with Crippen LogP contribution in [0.3, 0.4) is 0 Å². The maximum Gasteiger partial charge on any atom is 0.152 e. The van der Waals surface area contributed by atoms with Gasteiger partial charge in [0, 0.05) is 25.8 Å². The Labute approximate surface area is 115 Å². The standard InChI is InChI=1S/C15H24N4/c1-4-12(3)11-18(5-2)15-13(10-16)19-9-7-6-8-14(19)17-15/h6-9,12H,4-5,10-11,16H2,1-3H3. The summed E-state index contributed by atoms with van der Waals surface area (Å²) in [6, 6.07) is 6.06. The number of fused-ring (bicyclic) bond motifs is 1. The monoisotopic (exact) mass is 260 g/mol. The molecule has 0 aliphatic heterocycles. The first-order chi connectivity index (χ1) is 9.21. The molecule has 19 heavy (non-hydrogen) atoms. The summed E-state index contributed by atoms with van der Waals surface area (Å²) in [5.41, 5.74) is 8.00. The quantitative estimate of drug-likeness (QED) is 0.868. The van der Waals surface area contributed by atoms with Crippen molar-refractivity contribution in [1.82, 2.24) is 9.38 Å². The van der Waals surface area contributed by atoms with E-state index < -0.39 is 0 Å². The molecule has 2 aromatic heterocycles. The average Bonchev–Trinajstić information content (AvgIpc) is 2.82. The van der Waals surface area contributed by atoms with Gasteiger partial charge in [-0.1, -0.05) is 26.3 Å². The Kier molecular flexibility index (Phi) is 4.43. The van der Waals surface area contributed by atoms with Crippen molar-refractivity contribution in [1.29, 1.82) is 0 Å². The van der Waals surface area contributed by atoms with E-state index in [0.29, 0.717) is 12.5 Å². The maximum absolute atomic E-state index is 5.93. The lowest BCUT2D eigenvalue weighted by Crippen LogP contribution is -2.29. The van der Waals surface area contributed by atoms with Crippen LogP contribution in [0.2, 0.25) is 0 Å². The maximum atomic E-state index is 5.93. The number of rotatable bonds is 6. The third kappa shape index (κ3) is 2.73. The minimum Gasteiger partial charge on any atom is -0.355 e. The lowest BCUT2D eigenvalue weighted by atomic mass is 10.1. The molecule has 2 heterocycles. The summed E-state index contributed by atoms with van der Waals surface area (Å²) in [5, 5.41) is 0. The van der Waals surface area contributed by atoms with E-state index in [0.717, 1.165) is 30.2 Å². The Morgan fingerprint density at radius 2 is 2.16 bits per heavy atom. The average molecular weight is 260 g/mol. The van der Waals surface area contributed by atoms with E-state index in [9.17, 15) is 0 Å². The summed E-state index contributed by atoms with van der Waals surface area (Å²) in [6.45, 7) is 9.18. The van der Waals surface area contributed by atoms with Crippen LogP contribution in [-0.4, -0.2) is 22.5 Å². The topological polar surface area (TPSA) is 46.6 Å². The fraction of sp³-hybridized carbons (Fsp3) is 0.533. The van der Waals surface area contributed by atoms with E-state index in [2.05, 4.69) is 30.1 Å². The van der Waals surface area contributed by atoms with Gasteiger partial charge in [0.25, 0.3) is 0 Å². The second kappa shape index (κ2) is 6.06. The van der Waals surface area contributed by atoms with Crippen LogP contribution in [0.1, 0.15) is 32.9 Å². The molecule has 0 fully saturated rings. The van der Waals surface area contributed by atoms with Gasteiger partial charge in [-0.3, -0.25) is 0 Å². The Balaban J connectivity index is 2.41. The Morgan fingerprint density at radius 3 is 2.79 bits per heavy atom. The van der Waals surface area contributed by atoms with Crippen LogP contribution < -0.4 is 10.6 Å². The number of aromatic nitrogens is 2. The molecule has 0 aromatic carbocycles. The molecule has 2 aromatic rings. The third-order valence-corrected chi connectivity index (χ3v) is 3.71. The van der Waals surface area contributed by atoms with Crippen LogP contribution in [0, 0.1) is 5.92 Å². The minimum absolute atomic E-state index is 0.511. The van der Waals surface area contributed by atoms with Crippen molar-refractivity contribution in [3.05, 3.63) is 30.1 Å². The molecule has 0 aliphatic carbocycles. The van der Waals surface area contributed by atoms with E-state index in [1.54, 1.807) is 0 Å². The van der Waals surface area contributed by atoms with E-state index >= 15 is 0 Å². The van der Waals surface area contributed by atoms with Gasteiger partial charge in [0.1, 0.15) is 5.65 Å². The van der Waals surface area contributed by atoms with Gasteiger partial charge in [-0.15, -0.1) is 0 Å². The summed E-state index contributed by atoms with van der Waals surface area (Å²) in [5.74, 6) is 1.70. The van der Waals surface area contributed by atoms with Crippen LogP contribution in [-0.2, 0) is 6.54 Å². The first-order valence-electron chi connectivity index (χ1n) is 7.12. The second-order valence-electron chi connectivity index (χ2n) is 5.07. The lowest BCUT2D eigenvalue weighted by Gasteiger charge is -2.25. The normalized spacial score (nSPS) is 12.8. The highest BCUT2D eigenvalue weighted by atomic mass is 15.2. The second-order valence-corrected chi connectivity index (χ2v) is 5.07. The molecule has 4 heteroatoms. The molecule has 0 bridgehead atoms. The molecule has 0 saturated carbocycles. The van der Waals surface area contributed by atoms with Crippen molar-refractivity contribution in [2.45, 2.75) is 33.7 Å². The van der Waals surface area contributed by atoms with Crippen molar-refractivity contribution < 1.29 is 0 Å². The first kappa shape index (κ1) is 13.9. The molecule has 1 atom stereocenters. The number of imidazole rings is 1. The molecule has 1 unspecified atom stereocenters. The fourth-order valence-corrected chi connectivity index (χ4v) is 2.35. The van der Waals surface area contributed by atoms with Gasteiger partial charge in [0.05, 0.1) is 5.69 Å².